The first-order valence-electron chi connectivity index (χ1n) is 8.78. The van der Waals surface area contributed by atoms with Crippen molar-refractivity contribution in [3.8, 4) is 11.1 Å². The molecule has 0 bridgehead atoms. The molecule has 5 nitrogen and oxygen atoms in total. The summed E-state index contributed by atoms with van der Waals surface area (Å²) in [6.45, 7) is 0. The highest BCUT2D eigenvalue weighted by atomic mass is 19.4. The third-order valence-corrected chi connectivity index (χ3v) is 4.45. The van der Waals surface area contributed by atoms with E-state index in [2.05, 4.69) is 20.6 Å². The maximum atomic E-state index is 13.8. The first-order valence-corrected chi connectivity index (χ1v) is 8.78. The highest BCUT2D eigenvalue weighted by molar-refractivity contribution is 6.00. The van der Waals surface area contributed by atoms with Gasteiger partial charge < -0.3 is 15.6 Å². The van der Waals surface area contributed by atoms with Crippen LogP contribution in [0.4, 0.5) is 33.7 Å². The number of anilines is 2. The third-order valence-electron chi connectivity index (χ3n) is 4.45. The summed E-state index contributed by atoms with van der Waals surface area (Å²) in [7, 11) is 0. The van der Waals surface area contributed by atoms with E-state index in [0.717, 1.165) is 22.2 Å². The van der Waals surface area contributed by atoms with Gasteiger partial charge in [0.1, 0.15) is 11.5 Å². The number of alkyl halides is 3. The molecule has 4 rings (SSSR count). The lowest BCUT2D eigenvalue weighted by molar-refractivity contribution is -0.137. The van der Waals surface area contributed by atoms with E-state index < -0.39 is 29.3 Å². The van der Waals surface area contributed by atoms with Gasteiger partial charge in [-0.3, -0.25) is 0 Å². The molecule has 0 aliphatic rings. The molecule has 0 saturated carbocycles. The van der Waals surface area contributed by atoms with Gasteiger partial charge in [0.2, 0.25) is 0 Å². The number of aromatic amines is 1. The number of carbonyl (C=O) groups excluding carboxylic acids is 1. The average Bonchev–Trinajstić information content (AvgIpc) is 3.13. The number of hydrogen-bond acceptors (Lipinski definition) is 2. The van der Waals surface area contributed by atoms with E-state index in [-0.39, 0.29) is 0 Å². The Labute approximate surface area is 167 Å². The molecular formula is C21H14F4N4O. The van der Waals surface area contributed by atoms with Gasteiger partial charge in [0.25, 0.3) is 0 Å². The molecule has 2 aromatic carbocycles. The molecule has 2 aromatic heterocycles. The van der Waals surface area contributed by atoms with Crippen LogP contribution in [-0.2, 0) is 6.18 Å². The number of nitrogens with one attached hydrogen (secondary N) is 3. The largest absolute Gasteiger partial charge is 0.416 e. The number of H-pyrrole nitrogens is 1. The smallest absolute Gasteiger partial charge is 0.346 e. The number of urea groups is 1. The molecular weight excluding hydrogens is 400 g/mol. The van der Waals surface area contributed by atoms with Crippen molar-refractivity contribution >= 4 is 28.4 Å². The van der Waals surface area contributed by atoms with Crippen LogP contribution < -0.4 is 10.6 Å². The Balaban J connectivity index is 1.48. The molecule has 0 unspecified atom stereocenters. The number of benzene rings is 2. The minimum atomic E-state index is -4.64. The number of halogens is 4. The van der Waals surface area contributed by atoms with Crippen LogP contribution in [0.1, 0.15) is 5.56 Å². The van der Waals surface area contributed by atoms with Crippen LogP contribution in [0.25, 0.3) is 22.2 Å². The van der Waals surface area contributed by atoms with Gasteiger partial charge in [-0.05, 0) is 48.0 Å². The quantitative estimate of drug-likeness (QED) is 0.358. The molecule has 2 amide bonds. The number of carbonyl (C=O) groups is 1. The molecule has 0 atom stereocenters. The van der Waals surface area contributed by atoms with Crippen LogP contribution in [0.3, 0.4) is 0 Å². The van der Waals surface area contributed by atoms with Crippen LogP contribution in [-0.4, -0.2) is 16.0 Å². The summed E-state index contributed by atoms with van der Waals surface area (Å²) in [6.07, 6.45) is -1.14. The first kappa shape index (κ1) is 19.4. The van der Waals surface area contributed by atoms with E-state index in [0.29, 0.717) is 23.9 Å². The SMILES string of the molecule is O=C(Nc1ccc(-c2c[nH]c3ncccc23)cc1)Nc1cc(C(F)(F)F)ccc1F. The molecule has 0 spiro atoms. The van der Waals surface area contributed by atoms with E-state index >= 15 is 0 Å². The Morgan fingerprint density at radius 2 is 1.77 bits per heavy atom. The summed E-state index contributed by atoms with van der Waals surface area (Å²) in [5.41, 5.74) is 1.32. The van der Waals surface area contributed by atoms with Crippen LogP contribution in [0.2, 0.25) is 0 Å². The number of fused-ring (bicyclic) bond motifs is 1. The summed E-state index contributed by atoms with van der Waals surface area (Å²) in [6, 6.07) is 11.5. The number of pyridine rings is 1. The van der Waals surface area contributed by atoms with Crippen molar-refractivity contribution in [2.45, 2.75) is 6.18 Å². The van der Waals surface area contributed by atoms with Gasteiger partial charge in [-0.15, -0.1) is 0 Å². The van der Waals surface area contributed by atoms with Gasteiger partial charge in [-0.1, -0.05) is 12.1 Å². The minimum absolute atomic E-state index is 0.390. The summed E-state index contributed by atoms with van der Waals surface area (Å²) >= 11 is 0. The number of nitrogens with zero attached hydrogens (tertiary/aromatic N) is 1. The zero-order valence-electron chi connectivity index (χ0n) is 15.2. The minimum Gasteiger partial charge on any atom is -0.346 e. The molecule has 4 aromatic rings. The standard InChI is InChI=1S/C21H14F4N4O/c22-17-8-5-13(21(23,24)25)10-18(17)29-20(30)28-14-6-3-12(4-7-14)16-11-27-19-15(16)2-1-9-26-19/h1-11H,(H,26,27)(H2,28,29,30). The van der Waals surface area contributed by atoms with Crippen LogP contribution in [0.5, 0.6) is 0 Å². The van der Waals surface area contributed by atoms with Crippen molar-refractivity contribution < 1.29 is 22.4 Å². The molecule has 9 heteroatoms. The van der Waals surface area contributed by atoms with Crippen molar-refractivity contribution in [1.82, 2.24) is 9.97 Å². The van der Waals surface area contributed by atoms with Gasteiger partial charge in [0.15, 0.2) is 0 Å². The summed E-state index contributed by atoms with van der Waals surface area (Å²) in [5.74, 6) is -0.971. The van der Waals surface area contributed by atoms with Gasteiger partial charge in [-0.25, -0.2) is 14.2 Å². The lowest BCUT2D eigenvalue weighted by Crippen LogP contribution is -2.20. The molecule has 152 valence electrons. The third kappa shape index (κ3) is 3.95. The Bertz CT molecular complexity index is 1220. The fourth-order valence-electron chi connectivity index (χ4n) is 3.01. The summed E-state index contributed by atoms with van der Waals surface area (Å²) < 4.78 is 52.1. The first-order chi connectivity index (χ1) is 14.3. The van der Waals surface area contributed by atoms with Gasteiger partial charge in [0, 0.05) is 29.0 Å². The maximum Gasteiger partial charge on any atom is 0.416 e. The monoisotopic (exact) mass is 414 g/mol. The lowest BCUT2D eigenvalue weighted by atomic mass is 10.1. The fourth-order valence-corrected chi connectivity index (χ4v) is 3.01. The zero-order chi connectivity index (χ0) is 21.3. The number of rotatable bonds is 3. The number of amides is 2. The van der Waals surface area contributed by atoms with E-state index in [1.165, 1.54) is 0 Å². The van der Waals surface area contributed by atoms with Crippen molar-refractivity contribution in [3.05, 3.63) is 78.4 Å². The van der Waals surface area contributed by atoms with Gasteiger partial charge in [0.05, 0.1) is 11.3 Å². The second-order valence-corrected chi connectivity index (χ2v) is 6.45. The van der Waals surface area contributed by atoms with E-state index in [1.54, 1.807) is 30.5 Å². The Morgan fingerprint density at radius 3 is 2.50 bits per heavy atom. The predicted octanol–water partition coefficient (Wildman–Crippen LogP) is 6.03. The van der Waals surface area contributed by atoms with Gasteiger partial charge >= 0.3 is 12.2 Å². The highest BCUT2D eigenvalue weighted by Gasteiger charge is 2.31. The van der Waals surface area contributed by atoms with E-state index in [1.807, 2.05) is 18.3 Å². The summed E-state index contributed by atoms with van der Waals surface area (Å²) in [5, 5.41) is 5.51. The van der Waals surface area contributed by atoms with Crippen molar-refractivity contribution in [3.63, 3.8) is 0 Å². The molecule has 0 aliphatic heterocycles. The second kappa shape index (κ2) is 7.51. The van der Waals surface area contributed by atoms with Crippen LogP contribution in [0, 0.1) is 5.82 Å². The fraction of sp³-hybridized carbons (Fsp3) is 0.0476. The maximum absolute atomic E-state index is 13.8. The zero-order valence-corrected chi connectivity index (χ0v) is 15.2. The summed E-state index contributed by atoms with van der Waals surface area (Å²) in [4.78, 5) is 19.4. The highest BCUT2D eigenvalue weighted by Crippen LogP contribution is 2.32. The van der Waals surface area contributed by atoms with Crippen molar-refractivity contribution in [2.24, 2.45) is 0 Å². The van der Waals surface area contributed by atoms with Crippen molar-refractivity contribution in [2.75, 3.05) is 10.6 Å². The lowest BCUT2D eigenvalue weighted by Gasteiger charge is -2.12. The molecule has 0 radical (unpaired) electrons. The Morgan fingerprint density at radius 1 is 1.00 bits per heavy atom. The predicted molar refractivity (Wildman–Crippen MR) is 106 cm³/mol. The van der Waals surface area contributed by atoms with E-state index in [4.69, 9.17) is 0 Å². The normalized spacial score (nSPS) is 11.5. The van der Waals surface area contributed by atoms with E-state index in [9.17, 15) is 22.4 Å². The molecule has 3 N–H and O–H groups in total. The number of hydrogen-bond donors (Lipinski definition) is 3. The molecule has 30 heavy (non-hydrogen) atoms. The van der Waals surface area contributed by atoms with Crippen LogP contribution in [0.15, 0.2) is 67.0 Å². The van der Waals surface area contributed by atoms with Crippen molar-refractivity contribution in [1.29, 1.82) is 0 Å². The Hall–Kier alpha value is -3.88. The molecule has 0 aliphatic carbocycles. The molecule has 2 heterocycles. The average molecular weight is 414 g/mol. The number of aromatic nitrogens is 2. The Kier molecular flexibility index (Phi) is 4.86. The molecule has 0 fully saturated rings. The molecule has 0 saturated heterocycles. The van der Waals surface area contributed by atoms with Crippen LogP contribution >= 0.6 is 0 Å². The second-order valence-electron chi connectivity index (χ2n) is 6.45. The topological polar surface area (TPSA) is 69.8 Å². The van der Waals surface area contributed by atoms with Gasteiger partial charge in [-0.2, -0.15) is 13.2 Å².